The summed E-state index contributed by atoms with van der Waals surface area (Å²) in [5, 5.41) is 0. The highest BCUT2D eigenvalue weighted by Gasteiger charge is 2.20. The number of allylic oxidation sites excluding steroid dienone is 1. The van der Waals surface area contributed by atoms with E-state index in [4.69, 9.17) is 14.2 Å². The van der Waals surface area contributed by atoms with Gasteiger partial charge >= 0.3 is 0 Å². The van der Waals surface area contributed by atoms with Crippen LogP contribution in [-0.2, 0) is 4.74 Å². The minimum Gasteiger partial charge on any atom is -0.491 e. The van der Waals surface area contributed by atoms with Crippen LogP contribution in [0.5, 0.6) is 11.5 Å². The van der Waals surface area contributed by atoms with Crippen molar-refractivity contribution < 1.29 is 23.0 Å². The minimum atomic E-state index is -0.957. The van der Waals surface area contributed by atoms with Crippen molar-refractivity contribution in [3.8, 4) is 22.6 Å². The van der Waals surface area contributed by atoms with E-state index < -0.39 is 11.6 Å². The van der Waals surface area contributed by atoms with Crippen LogP contribution in [0, 0.1) is 17.6 Å². The van der Waals surface area contributed by atoms with E-state index >= 15 is 0 Å². The van der Waals surface area contributed by atoms with Gasteiger partial charge in [-0.05, 0) is 56.0 Å². The fourth-order valence-corrected chi connectivity index (χ4v) is 3.38. The van der Waals surface area contributed by atoms with Gasteiger partial charge in [-0.2, -0.15) is 4.39 Å². The number of rotatable bonds is 8. The first-order valence-electron chi connectivity index (χ1n) is 10.2. The number of hydrogen-bond acceptors (Lipinski definition) is 3. The zero-order valence-corrected chi connectivity index (χ0v) is 17.0. The lowest BCUT2D eigenvalue weighted by Gasteiger charge is -2.27. The Kier molecular flexibility index (Phi) is 7.64. The first-order chi connectivity index (χ1) is 14.1. The molecule has 0 aliphatic carbocycles. The Bertz CT molecular complexity index is 810. The summed E-state index contributed by atoms with van der Waals surface area (Å²) < 4.78 is 45.6. The third kappa shape index (κ3) is 5.57. The molecule has 1 saturated heterocycles. The second-order valence-corrected chi connectivity index (χ2v) is 7.24. The first kappa shape index (κ1) is 21.3. The van der Waals surface area contributed by atoms with Gasteiger partial charge in [0.1, 0.15) is 12.4 Å². The lowest BCUT2D eigenvalue weighted by molar-refractivity contribution is -0.0275. The molecule has 2 atom stereocenters. The molecule has 29 heavy (non-hydrogen) atoms. The summed E-state index contributed by atoms with van der Waals surface area (Å²) in [6, 6.07) is 9.98. The molecule has 1 aliphatic heterocycles. The molecule has 0 N–H and O–H groups in total. The third-order valence-electron chi connectivity index (χ3n) is 4.98. The van der Waals surface area contributed by atoms with E-state index in [1.807, 2.05) is 13.8 Å². The molecule has 2 unspecified atom stereocenters. The number of benzene rings is 2. The molecule has 1 fully saturated rings. The molecular formula is C24H28F2O3. The molecule has 0 aromatic heterocycles. The van der Waals surface area contributed by atoms with E-state index in [0.29, 0.717) is 30.4 Å². The first-order valence-corrected chi connectivity index (χ1v) is 10.2. The van der Waals surface area contributed by atoms with Crippen molar-refractivity contribution in [2.45, 2.75) is 39.2 Å². The Morgan fingerprint density at radius 3 is 2.48 bits per heavy atom. The maximum atomic E-state index is 14.4. The van der Waals surface area contributed by atoms with Gasteiger partial charge in [0.2, 0.25) is 5.82 Å². The van der Waals surface area contributed by atoms with Crippen molar-refractivity contribution in [3.05, 3.63) is 60.2 Å². The molecule has 1 aliphatic rings. The van der Waals surface area contributed by atoms with Crippen LogP contribution < -0.4 is 9.47 Å². The monoisotopic (exact) mass is 402 g/mol. The van der Waals surface area contributed by atoms with Crippen molar-refractivity contribution >= 4 is 0 Å². The Labute approximate surface area is 171 Å². The SMILES string of the molecule is CC=CC1CCC(COc2ccc(-c3ccc(OCCC)c(F)c3F)cc2)OC1. The summed E-state index contributed by atoms with van der Waals surface area (Å²) in [6.45, 7) is 5.48. The molecule has 2 aromatic carbocycles. The van der Waals surface area contributed by atoms with E-state index in [2.05, 4.69) is 12.2 Å². The van der Waals surface area contributed by atoms with Gasteiger partial charge < -0.3 is 14.2 Å². The maximum absolute atomic E-state index is 14.4. The standard InChI is InChI=1S/C24H28F2O3/c1-3-5-17-6-9-20(28-15-17)16-29-19-10-7-18(8-11-19)21-12-13-22(27-14-4-2)24(26)23(21)25/h3,5,7-8,10-13,17,20H,4,6,9,14-16H2,1-2H3. The van der Waals surface area contributed by atoms with Crippen molar-refractivity contribution in [2.75, 3.05) is 19.8 Å². The van der Waals surface area contributed by atoms with Gasteiger partial charge in [0.25, 0.3) is 0 Å². The average molecular weight is 402 g/mol. The number of ether oxygens (including phenoxy) is 3. The molecule has 5 heteroatoms. The lowest BCUT2D eigenvalue weighted by Crippen LogP contribution is -2.29. The summed E-state index contributed by atoms with van der Waals surface area (Å²) in [7, 11) is 0. The summed E-state index contributed by atoms with van der Waals surface area (Å²) >= 11 is 0. The van der Waals surface area contributed by atoms with E-state index in [1.165, 1.54) is 12.1 Å². The van der Waals surface area contributed by atoms with Crippen LogP contribution in [0.1, 0.15) is 33.1 Å². The van der Waals surface area contributed by atoms with Crippen LogP contribution in [0.15, 0.2) is 48.6 Å². The molecule has 0 amide bonds. The second kappa shape index (κ2) is 10.4. The van der Waals surface area contributed by atoms with E-state index in [9.17, 15) is 8.78 Å². The van der Waals surface area contributed by atoms with Gasteiger partial charge in [0, 0.05) is 11.5 Å². The van der Waals surface area contributed by atoms with Gasteiger partial charge in [0.15, 0.2) is 11.6 Å². The molecule has 0 radical (unpaired) electrons. The van der Waals surface area contributed by atoms with Gasteiger partial charge in [-0.3, -0.25) is 0 Å². The molecule has 3 nitrogen and oxygen atoms in total. The van der Waals surface area contributed by atoms with E-state index in [1.54, 1.807) is 24.3 Å². The van der Waals surface area contributed by atoms with E-state index in [0.717, 1.165) is 25.9 Å². The summed E-state index contributed by atoms with van der Waals surface area (Å²) in [4.78, 5) is 0. The topological polar surface area (TPSA) is 27.7 Å². The van der Waals surface area contributed by atoms with Crippen LogP contribution in [-0.4, -0.2) is 25.9 Å². The molecule has 0 saturated carbocycles. The average Bonchev–Trinajstić information content (AvgIpc) is 2.75. The fraction of sp³-hybridized carbons (Fsp3) is 0.417. The highest BCUT2D eigenvalue weighted by molar-refractivity contribution is 5.66. The van der Waals surface area contributed by atoms with Crippen molar-refractivity contribution in [1.29, 1.82) is 0 Å². The normalized spacial score (nSPS) is 19.4. The fourth-order valence-electron chi connectivity index (χ4n) is 3.38. The summed E-state index contributed by atoms with van der Waals surface area (Å²) in [5.41, 5.74) is 0.780. The van der Waals surface area contributed by atoms with Crippen molar-refractivity contribution in [2.24, 2.45) is 5.92 Å². The third-order valence-corrected chi connectivity index (χ3v) is 4.98. The molecule has 1 heterocycles. The Hall–Kier alpha value is -2.40. The van der Waals surface area contributed by atoms with Crippen LogP contribution in [0.4, 0.5) is 8.78 Å². The second-order valence-electron chi connectivity index (χ2n) is 7.24. The van der Waals surface area contributed by atoms with Crippen LogP contribution >= 0.6 is 0 Å². The molecule has 3 rings (SSSR count). The smallest absolute Gasteiger partial charge is 0.201 e. The number of halogens is 2. The zero-order valence-electron chi connectivity index (χ0n) is 17.0. The highest BCUT2D eigenvalue weighted by Crippen LogP contribution is 2.31. The molecule has 0 bridgehead atoms. The predicted molar refractivity (Wildman–Crippen MR) is 110 cm³/mol. The van der Waals surface area contributed by atoms with Gasteiger partial charge in [0.05, 0.1) is 19.3 Å². The largest absolute Gasteiger partial charge is 0.491 e. The number of hydrogen-bond donors (Lipinski definition) is 0. The predicted octanol–water partition coefficient (Wildman–Crippen LogP) is 6.17. The summed E-state index contributed by atoms with van der Waals surface area (Å²) in [6.07, 6.45) is 7.11. The van der Waals surface area contributed by atoms with Crippen molar-refractivity contribution in [3.63, 3.8) is 0 Å². The van der Waals surface area contributed by atoms with Crippen LogP contribution in [0.2, 0.25) is 0 Å². The molecular weight excluding hydrogens is 374 g/mol. The highest BCUT2D eigenvalue weighted by atomic mass is 19.2. The zero-order chi connectivity index (χ0) is 20.6. The Balaban J connectivity index is 1.58. The van der Waals surface area contributed by atoms with Crippen LogP contribution in [0.3, 0.4) is 0 Å². The quantitative estimate of drug-likeness (QED) is 0.494. The van der Waals surface area contributed by atoms with Gasteiger partial charge in [-0.1, -0.05) is 31.2 Å². The molecule has 0 spiro atoms. The lowest BCUT2D eigenvalue weighted by atomic mass is 9.98. The molecule has 156 valence electrons. The molecule has 2 aromatic rings. The Morgan fingerprint density at radius 2 is 1.83 bits per heavy atom. The van der Waals surface area contributed by atoms with E-state index in [-0.39, 0.29) is 17.4 Å². The Morgan fingerprint density at radius 1 is 1.03 bits per heavy atom. The summed E-state index contributed by atoms with van der Waals surface area (Å²) in [5.74, 6) is -0.751. The van der Waals surface area contributed by atoms with Gasteiger partial charge in [-0.15, -0.1) is 0 Å². The van der Waals surface area contributed by atoms with Crippen molar-refractivity contribution in [1.82, 2.24) is 0 Å². The maximum Gasteiger partial charge on any atom is 0.201 e. The minimum absolute atomic E-state index is 0.0581. The van der Waals surface area contributed by atoms with Gasteiger partial charge in [-0.25, -0.2) is 4.39 Å². The van der Waals surface area contributed by atoms with Crippen LogP contribution in [0.25, 0.3) is 11.1 Å².